The smallest absolute Gasteiger partial charge is 0.270 e. The summed E-state index contributed by atoms with van der Waals surface area (Å²) >= 11 is 13.9. The Balaban J connectivity index is 1.73. The lowest BCUT2D eigenvalue weighted by atomic mass is 10.2. The van der Waals surface area contributed by atoms with E-state index in [4.69, 9.17) is 27.9 Å². The number of aromatic nitrogens is 1. The lowest BCUT2D eigenvalue weighted by molar-refractivity contribution is 0.0951. The topological polar surface area (TPSA) is 51.2 Å². The van der Waals surface area contributed by atoms with Crippen molar-refractivity contribution >= 4 is 40.4 Å². The first-order valence-electron chi connectivity index (χ1n) is 7.98. The van der Waals surface area contributed by atoms with Gasteiger partial charge in [-0.3, -0.25) is 4.79 Å². The molecule has 1 N–H and O–H groups in total. The van der Waals surface area contributed by atoms with Crippen LogP contribution in [-0.4, -0.2) is 17.4 Å². The molecule has 0 aliphatic rings. The van der Waals surface area contributed by atoms with E-state index < -0.39 is 0 Å². The third-order valence-electron chi connectivity index (χ3n) is 3.60. The Kier molecular flexibility index (Phi) is 6.14. The fourth-order valence-electron chi connectivity index (χ4n) is 2.29. The van der Waals surface area contributed by atoms with E-state index in [1.54, 1.807) is 11.4 Å². The number of benzene rings is 2. The predicted octanol–water partition coefficient (Wildman–Crippen LogP) is 5.45. The summed E-state index contributed by atoms with van der Waals surface area (Å²) in [6.07, 6.45) is 0. The van der Waals surface area contributed by atoms with Gasteiger partial charge in [0, 0.05) is 28.1 Å². The highest BCUT2D eigenvalue weighted by atomic mass is 35.5. The fourth-order valence-corrected chi connectivity index (χ4v) is 3.63. The van der Waals surface area contributed by atoms with E-state index in [-0.39, 0.29) is 5.91 Å². The molecule has 26 heavy (non-hydrogen) atoms. The Labute approximate surface area is 165 Å². The number of carbonyl (C=O) groups excluding carboxylic acids is 1. The van der Waals surface area contributed by atoms with Crippen molar-refractivity contribution in [2.75, 3.05) is 6.54 Å². The molecule has 0 atom stereocenters. The standard InChI is InChI=1S/C19H16Cl2N2O2S/c1-2-22-18(24)17-11-26-19(23-17)14-8-7-13(9-16(14)21)25-10-12-5-3-4-6-15(12)20/h3-9,11H,2,10H2,1H3,(H,22,24). The average Bonchev–Trinajstić information content (AvgIpc) is 3.11. The summed E-state index contributed by atoms with van der Waals surface area (Å²) in [6.45, 7) is 2.78. The van der Waals surface area contributed by atoms with Crippen molar-refractivity contribution in [3.63, 3.8) is 0 Å². The number of ether oxygens (including phenoxy) is 1. The van der Waals surface area contributed by atoms with Crippen LogP contribution in [0.15, 0.2) is 47.8 Å². The molecule has 7 heteroatoms. The summed E-state index contributed by atoms with van der Waals surface area (Å²) in [7, 11) is 0. The highest BCUT2D eigenvalue weighted by Gasteiger charge is 2.14. The Hall–Kier alpha value is -2.08. The fraction of sp³-hybridized carbons (Fsp3) is 0.158. The molecule has 0 unspecified atom stereocenters. The van der Waals surface area contributed by atoms with E-state index in [9.17, 15) is 4.79 Å². The van der Waals surface area contributed by atoms with Crippen LogP contribution < -0.4 is 10.1 Å². The maximum absolute atomic E-state index is 11.8. The average molecular weight is 407 g/mol. The molecular formula is C19H16Cl2N2O2S. The molecule has 2 aromatic carbocycles. The van der Waals surface area contributed by atoms with Gasteiger partial charge in [0.15, 0.2) is 0 Å². The van der Waals surface area contributed by atoms with Gasteiger partial charge in [-0.05, 0) is 31.2 Å². The van der Waals surface area contributed by atoms with Gasteiger partial charge in [-0.25, -0.2) is 4.98 Å². The van der Waals surface area contributed by atoms with Gasteiger partial charge in [0.2, 0.25) is 0 Å². The zero-order valence-corrected chi connectivity index (χ0v) is 16.3. The first-order chi connectivity index (χ1) is 12.6. The Morgan fingerprint density at radius 1 is 1.19 bits per heavy atom. The van der Waals surface area contributed by atoms with E-state index in [1.807, 2.05) is 43.3 Å². The minimum atomic E-state index is -0.189. The monoisotopic (exact) mass is 406 g/mol. The summed E-state index contributed by atoms with van der Waals surface area (Å²) in [5.41, 5.74) is 2.06. The SMILES string of the molecule is CCNC(=O)c1csc(-c2ccc(OCc3ccccc3Cl)cc2Cl)n1. The minimum absolute atomic E-state index is 0.189. The van der Waals surface area contributed by atoms with Crippen molar-refractivity contribution in [2.45, 2.75) is 13.5 Å². The minimum Gasteiger partial charge on any atom is -0.489 e. The van der Waals surface area contributed by atoms with Crippen molar-refractivity contribution in [2.24, 2.45) is 0 Å². The molecule has 3 rings (SSSR count). The van der Waals surface area contributed by atoms with Crippen LogP contribution in [0.4, 0.5) is 0 Å². The van der Waals surface area contributed by atoms with Crippen LogP contribution in [-0.2, 0) is 6.61 Å². The normalized spacial score (nSPS) is 10.6. The largest absolute Gasteiger partial charge is 0.489 e. The molecule has 1 amide bonds. The second kappa shape index (κ2) is 8.54. The molecule has 0 spiro atoms. The molecule has 1 aromatic heterocycles. The van der Waals surface area contributed by atoms with E-state index in [1.165, 1.54) is 11.3 Å². The van der Waals surface area contributed by atoms with Crippen LogP contribution in [0.1, 0.15) is 23.0 Å². The predicted molar refractivity (Wildman–Crippen MR) is 106 cm³/mol. The van der Waals surface area contributed by atoms with Crippen molar-refractivity contribution in [1.29, 1.82) is 0 Å². The number of halogens is 2. The van der Waals surface area contributed by atoms with Crippen LogP contribution in [0.5, 0.6) is 5.75 Å². The Morgan fingerprint density at radius 3 is 2.73 bits per heavy atom. The number of hydrogen-bond donors (Lipinski definition) is 1. The molecular weight excluding hydrogens is 391 g/mol. The number of thiazole rings is 1. The summed E-state index contributed by atoms with van der Waals surface area (Å²) in [5.74, 6) is 0.449. The summed E-state index contributed by atoms with van der Waals surface area (Å²) in [6, 6.07) is 12.9. The van der Waals surface area contributed by atoms with Gasteiger partial charge in [-0.15, -0.1) is 11.3 Å². The van der Waals surface area contributed by atoms with Crippen LogP contribution in [0.2, 0.25) is 10.0 Å². The van der Waals surface area contributed by atoms with Gasteiger partial charge in [-0.2, -0.15) is 0 Å². The number of rotatable bonds is 6. The maximum Gasteiger partial charge on any atom is 0.270 e. The number of nitrogens with zero attached hydrogens (tertiary/aromatic N) is 1. The van der Waals surface area contributed by atoms with E-state index in [0.29, 0.717) is 39.6 Å². The zero-order valence-electron chi connectivity index (χ0n) is 14.0. The number of carbonyl (C=O) groups is 1. The van der Waals surface area contributed by atoms with Gasteiger partial charge in [0.1, 0.15) is 23.1 Å². The van der Waals surface area contributed by atoms with Crippen LogP contribution >= 0.6 is 34.5 Å². The molecule has 134 valence electrons. The molecule has 4 nitrogen and oxygen atoms in total. The number of hydrogen-bond acceptors (Lipinski definition) is 4. The third-order valence-corrected chi connectivity index (χ3v) is 5.15. The van der Waals surface area contributed by atoms with Gasteiger partial charge in [-0.1, -0.05) is 41.4 Å². The summed E-state index contributed by atoms with van der Waals surface area (Å²) in [5, 5.41) is 6.31. The number of amides is 1. The maximum atomic E-state index is 11.8. The van der Waals surface area contributed by atoms with Crippen LogP contribution in [0.25, 0.3) is 10.6 Å². The molecule has 0 aliphatic carbocycles. The summed E-state index contributed by atoms with van der Waals surface area (Å²) < 4.78 is 5.77. The lowest BCUT2D eigenvalue weighted by Gasteiger charge is -2.09. The van der Waals surface area contributed by atoms with Crippen molar-refractivity contribution in [3.8, 4) is 16.3 Å². The Morgan fingerprint density at radius 2 is 2.00 bits per heavy atom. The number of nitrogens with one attached hydrogen (secondary N) is 1. The molecule has 0 bridgehead atoms. The third kappa shape index (κ3) is 4.36. The highest BCUT2D eigenvalue weighted by Crippen LogP contribution is 2.33. The second-order valence-electron chi connectivity index (χ2n) is 5.42. The van der Waals surface area contributed by atoms with E-state index in [0.717, 1.165) is 11.1 Å². The summed E-state index contributed by atoms with van der Waals surface area (Å²) in [4.78, 5) is 16.2. The molecule has 0 aliphatic heterocycles. The van der Waals surface area contributed by atoms with Gasteiger partial charge >= 0.3 is 0 Å². The van der Waals surface area contributed by atoms with Gasteiger partial charge < -0.3 is 10.1 Å². The second-order valence-corrected chi connectivity index (χ2v) is 7.09. The van der Waals surface area contributed by atoms with E-state index in [2.05, 4.69) is 10.3 Å². The van der Waals surface area contributed by atoms with Crippen molar-refractivity contribution < 1.29 is 9.53 Å². The van der Waals surface area contributed by atoms with Crippen molar-refractivity contribution in [1.82, 2.24) is 10.3 Å². The Bertz CT molecular complexity index is 927. The van der Waals surface area contributed by atoms with Crippen molar-refractivity contribution in [3.05, 3.63) is 69.1 Å². The zero-order chi connectivity index (χ0) is 18.5. The lowest BCUT2D eigenvalue weighted by Crippen LogP contribution is -2.22. The molecule has 0 fully saturated rings. The molecule has 0 radical (unpaired) electrons. The first-order valence-corrected chi connectivity index (χ1v) is 9.62. The molecule has 0 saturated carbocycles. The molecule has 3 aromatic rings. The van der Waals surface area contributed by atoms with Crippen LogP contribution in [0.3, 0.4) is 0 Å². The highest BCUT2D eigenvalue weighted by molar-refractivity contribution is 7.13. The van der Waals surface area contributed by atoms with Gasteiger partial charge in [0.05, 0.1) is 5.02 Å². The van der Waals surface area contributed by atoms with E-state index >= 15 is 0 Å². The van der Waals surface area contributed by atoms with Gasteiger partial charge in [0.25, 0.3) is 5.91 Å². The van der Waals surface area contributed by atoms with Crippen LogP contribution in [0, 0.1) is 0 Å². The molecule has 1 heterocycles. The quantitative estimate of drug-likeness (QED) is 0.592. The first kappa shape index (κ1) is 18.7. The molecule has 0 saturated heterocycles.